The first-order valence-corrected chi connectivity index (χ1v) is 6.79. The lowest BCUT2D eigenvalue weighted by atomic mass is 9.93. The fourth-order valence-electron chi connectivity index (χ4n) is 1.17. The maximum absolute atomic E-state index is 11.9. The highest BCUT2D eigenvalue weighted by molar-refractivity contribution is 14.1. The van der Waals surface area contributed by atoms with Crippen LogP contribution in [0.3, 0.4) is 0 Å². The van der Waals surface area contributed by atoms with Gasteiger partial charge in [0.05, 0.1) is 10.6 Å². The average Bonchev–Trinajstić information content (AvgIpc) is 2.29. The van der Waals surface area contributed by atoms with Crippen LogP contribution in [0.2, 0.25) is 0 Å². The van der Waals surface area contributed by atoms with E-state index in [0.29, 0.717) is 11.5 Å². The predicted octanol–water partition coefficient (Wildman–Crippen LogP) is 2.04. The van der Waals surface area contributed by atoms with Gasteiger partial charge in [0.1, 0.15) is 5.75 Å². The Bertz CT molecular complexity index is 489. The zero-order chi connectivity index (χ0) is 13.9. The number of hydrogen-bond donors (Lipinski definition) is 3. The summed E-state index contributed by atoms with van der Waals surface area (Å²) < 4.78 is 0.879. The molecule has 0 aliphatic rings. The number of carbonyl (C=O) groups excluding carboxylic acids is 1. The highest BCUT2D eigenvalue weighted by Gasteiger charge is 2.23. The molecule has 0 aromatic heterocycles. The highest BCUT2D eigenvalue weighted by atomic mass is 127. The molecular formula is C12H15IN2O2S. The largest absolute Gasteiger partial charge is 0.507 e. The summed E-state index contributed by atoms with van der Waals surface area (Å²) >= 11 is 7.00. The van der Waals surface area contributed by atoms with Gasteiger partial charge in [-0.25, -0.2) is 0 Å². The average molecular weight is 378 g/mol. The Morgan fingerprint density at radius 1 is 1.56 bits per heavy atom. The van der Waals surface area contributed by atoms with Crippen molar-refractivity contribution in [3.05, 3.63) is 27.3 Å². The Morgan fingerprint density at radius 2 is 2.17 bits per heavy atom. The molecule has 1 aromatic carbocycles. The molecule has 0 radical (unpaired) electrons. The molecule has 0 bridgehead atoms. The minimum absolute atomic E-state index is 0.0407. The summed E-state index contributed by atoms with van der Waals surface area (Å²) in [5, 5.41) is 12.3. The fraction of sp³-hybridized carbons (Fsp3) is 0.333. The van der Waals surface area contributed by atoms with Crippen molar-refractivity contribution in [3.8, 4) is 5.75 Å². The first-order valence-electron chi connectivity index (χ1n) is 5.30. The van der Waals surface area contributed by atoms with E-state index >= 15 is 0 Å². The Morgan fingerprint density at radius 3 is 2.72 bits per heavy atom. The van der Waals surface area contributed by atoms with E-state index in [1.54, 1.807) is 12.1 Å². The molecule has 0 heterocycles. The summed E-state index contributed by atoms with van der Waals surface area (Å²) in [5.74, 6) is -0.378. The van der Waals surface area contributed by atoms with Crippen LogP contribution in [-0.4, -0.2) is 22.5 Å². The second-order valence-corrected chi connectivity index (χ2v) is 6.28. The minimum atomic E-state index is -0.456. The predicted molar refractivity (Wildman–Crippen MR) is 83.7 cm³/mol. The molecule has 0 saturated heterocycles. The van der Waals surface area contributed by atoms with E-state index in [1.165, 1.54) is 6.07 Å². The molecule has 1 aromatic rings. The van der Waals surface area contributed by atoms with Gasteiger partial charge >= 0.3 is 0 Å². The third kappa shape index (κ3) is 3.81. The molecular weight excluding hydrogens is 363 g/mol. The van der Waals surface area contributed by atoms with Crippen molar-refractivity contribution in [2.75, 3.05) is 6.54 Å². The van der Waals surface area contributed by atoms with Gasteiger partial charge in [-0.3, -0.25) is 4.79 Å². The van der Waals surface area contributed by atoms with Gasteiger partial charge in [-0.2, -0.15) is 0 Å². The van der Waals surface area contributed by atoms with Crippen LogP contribution in [0.4, 0.5) is 0 Å². The quantitative estimate of drug-likeness (QED) is 0.554. The maximum atomic E-state index is 11.9. The fourth-order valence-corrected chi connectivity index (χ4v) is 1.74. The number of nitrogens with two attached hydrogens (primary N) is 1. The number of nitrogens with one attached hydrogen (secondary N) is 1. The van der Waals surface area contributed by atoms with Crippen LogP contribution in [0.25, 0.3) is 0 Å². The van der Waals surface area contributed by atoms with Gasteiger partial charge in [-0.1, -0.05) is 26.1 Å². The molecule has 4 nitrogen and oxygen atoms in total. The molecule has 0 spiro atoms. The first kappa shape index (κ1) is 15.2. The highest BCUT2D eigenvalue weighted by Crippen LogP contribution is 2.20. The summed E-state index contributed by atoms with van der Waals surface area (Å²) in [6, 6.07) is 4.85. The molecule has 0 aliphatic carbocycles. The van der Waals surface area contributed by atoms with Gasteiger partial charge in [0.2, 0.25) is 0 Å². The molecule has 0 unspecified atom stereocenters. The summed E-state index contributed by atoms with van der Waals surface area (Å²) in [4.78, 5) is 12.3. The van der Waals surface area contributed by atoms with E-state index in [-0.39, 0.29) is 17.2 Å². The van der Waals surface area contributed by atoms with Crippen LogP contribution >= 0.6 is 34.8 Å². The molecule has 1 rings (SSSR count). The molecule has 18 heavy (non-hydrogen) atoms. The minimum Gasteiger partial charge on any atom is -0.507 e. The van der Waals surface area contributed by atoms with E-state index in [1.807, 2.05) is 13.8 Å². The van der Waals surface area contributed by atoms with Crippen LogP contribution < -0.4 is 11.1 Å². The lowest BCUT2D eigenvalue weighted by Gasteiger charge is -2.23. The number of rotatable bonds is 4. The first-order chi connectivity index (χ1) is 8.24. The molecule has 1 amide bonds. The molecule has 6 heteroatoms. The number of phenolic OH excluding ortho intramolecular Hbond substituents is 1. The second-order valence-electron chi connectivity index (χ2n) is 4.59. The van der Waals surface area contributed by atoms with Crippen LogP contribution in [0.5, 0.6) is 5.75 Å². The molecule has 4 N–H and O–H groups in total. The topological polar surface area (TPSA) is 75.3 Å². The lowest BCUT2D eigenvalue weighted by Crippen LogP contribution is -2.41. The third-order valence-electron chi connectivity index (χ3n) is 2.56. The summed E-state index contributed by atoms with van der Waals surface area (Å²) in [6.45, 7) is 4.03. The Labute approximate surface area is 125 Å². The zero-order valence-electron chi connectivity index (χ0n) is 10.2. The summed E-state index contributed by atoms with van der Waals surface area (Å²) in [6.07, 6.45) is 0. The van der Waals surface area contributed by atoms with Crippen molar-refractivity contribution in [1.82, 2.24) is 5.32 Å². The van der Waals surface area contributed by atoms with Crippen molar-refractivity contribution in [2.24, 2.45) is 11.1 Å². The zero-order valence-corrected chi connectivity index (χ0v) is 13.1. The van der Waals surface area contributed by atoms with Crippen LogP contribution in [0.15, 0.2) is 18.2 Å². The lowest BCUT2D eigenvalue weighted by molar-refractivity contribution is 0.0942. The summed E-state index contributed by atoms with van der Waals surface area (Å²) in [7, 11) is 0. The van der Waals surface area contributed by atoms with E-state index < -0.39 is 5.41 Å². The Balaban J connectivity index is 2.78. The van der Waals surface area contributed by atoms with E-state index in [0.717, 1.165) is 3.57 Å². The van der Waals surface area contributed by atoms with Crippen molar-refractivity contribution in [3.63, 3.8) is 0 Å². The van der Waals surface area contributed by atoms with E-state index in [2.05, 4.69) is 27.9 Å². The molecule has 0 saturated carbocycles. The standard InChI is InChI=1S/C12H15IN2O2S/c1-12(2,11(14)18)6-15-10(17)8-5-7(13)3-4-9(8)16/h3-5,16H,6H2,1-2H3,(H2,14,18)(H,15,17). The van der Waals surface area contributed by atoms with Gasteiger partial charge in [0.25, 0.3) is 5.91 Å². The number of halogens is 1. The van der Waals surface area contributed by atoms with Gasteiger partial charge in [-0.15, -0.1) is 0 Å². The number of phenols is 1. The van der Waals surface area contributed by atoms with E-state index in [4.69, 9.17) is 18.0 Å². The SMILES string of the molecule is CC(C)(CNC(=O)c1cc(I)ccc1O)C(N)=S. The number of carbonyl (C=O) groups is 1. The van der Waals surface area contributed by atoms with Crippen molar-refractivity contribution < 1.29 is 9.90 Å². The normalized spacial score (nSPS) is 11.1. The number of thiocarbonyl (C=S) groups is 1. The second kappa shape index (κ2) is 5.83. The summed E-state index contributed by atoms with van der Waals surface area (Å²) in [5.41, 5.74) is 5.37. The molecule has 0 aliphatic heterocycles. The van der Waals surface area contributed by atoms with Crippen LogP contribution in [-0.2, 0) is 0 Å². The van der Waals surface area contributed by atoms with Crippen molar-refractivity contribution in [1.29, 1.82) is 0 Å². The Hall–Kier alpha value is -0.890. The number of amides is 1. The molecule has 98 valence electrons. The van der Waals surface area contributed by atoms with Gasteiger partial charge < -0.3 is 16.2 Å². The van der Waals surface area contributed by atoms with Gasteiger partial charge in [0.15, 0.2) is 0 Å². The van der Waals surface area contributed by atoms with Crippen LogP contribution in [0.1, 0.15) is 24.2 Å². The van der Waals surface area contributed by atoms with Crippen LogP contribution in [0, 0.1) is 8.99 Å². The smallest absolute Gasteiger partial charge is 0.255 e. The van der Waals surface area contributed by atoms with Gasteiger partial charge in [0, 0.05) is 15.5 Å². The Kier molecular flexibility index (Phi) is 4.92. The van der Waals surface area contributed by atoms with Gasteiger partial charge in [-0.05, 0) is 40.8 Å². The number of aromatic hydroxyl groups is 1. The number of hydrogen-bond acceptors (Lipinski definition) is 3. The maximum Gasteiger partial charge on any atom is 0.255 e. The third-order valence-corrected chi connectivity index (χ3v) is 3.78. The molecule has 0 atom stereocenters. The van der Waals surface area contributed by atoms with Crippen molar-refractivity contribution >= 4 is 45.7 Å². The van der Waals surface area contributed by atoms with E-state index in [9.17, 15) is 9.90 Å². The monoisotopic (exact) mass is 378 g/mol. The van der Waals surface area contributed by atoms with Crippen molar-refractivity contribution in [2.45, 2.75) is 13.8 Å². The molecule has 0 fully saturated rings. The number of benzene rings is 1.